The smallest absolute Gasteiger partial charge is 0.261 e. The van der Waals surface area contributed by atoms with Crippen LogP contribution in [0.15, 0.2) is 47.3 Å². The number of halogens is 1. The van der Waals surface area contributed by atoms with Gasteiger partial charge in [-0.1, -0.05) is 11.3 Å². The molecule has 1 saturated heterocycles. The van der Waals surface area contributed by atoms with Crippen LogP contribution in [0, 0.1) is 19.7 Å². The molecule has 1 aliphatic rings. The van der Waals surface area contributed by atoms with Crippen molar-refractivity contribution in [1.82, 2.24) is 19.6 Å². The summed E-state index contributed by atoms with van der Waals surface area (Å²) in [5.74, 6) is -0.458. The standard InChI is InChI=1S/C26H28FN5O2S/c1-17-14-21-22(15-18(17)2)32-24(33)16-23(35-26(32)29-21)25(34)28-8-3-9-30-10-12-31(13-11-30)20-6-4-19(27)5-7-20/h4-7,14-16H,3,8-13H2,1-2H3,(H,28,34). The van der Waals surface area contributed by atoms with Gasteiger partial charge in [-0.15, -0.1) is 0 Å². The second kappa shape index (κ2) is 9.75. The summed E-state index contributed by atoms with van der Waals surface area (Å²) in [6.07, 6.45) is 0.825. The van der Waals surface area contributed by atoms with Crippen molar-refractivity contribution in [2.45, 2.75) is 20.3 Å². The van der Waals surface area contributed by atoms with Crippen molar-refractivity contribution in [3.8, 4) is 0 Å². The molecule has 2 aromatic heterocycles. The fraction of sp³-hybridized carbons (Fsp3) is 0.346. The Morgan fingerprint density at radius 3 is 2.51 bits per heavy atom. The third kappa shape index (κ3) is 4.92. The van der Waals surface area contributed by atoms with Crippen LogP contribution >= 0.6 is 11.3 Å². The van der Waals surface area contributed by atoms with Crippen molar-refractivity contribution in [2.75, 3.05) is 44.2 Å². The van der Waals surface area contributed by atoms with Gasteiger partial charge in [-0.2, -0.15) is 0 Å². The molecule has 0 atom stereocenters. The fourth-order valence-corrected chi connectivity index (χ4v) is 5.43. The third-order valence-corrected chi connectivity index (χ3v) is 7.62. The maximum atomic E-state index is 13.1. The molecule has 5 rings (SSSR count). The summed E-state index contributed by atoms with van der Waals surface area (Å²) in [7, 11) is 0. The molecule has 0 unspecified atom stereocenters. The molecule has 35 heavy (non-hydrogen) atoms. The van der Waals surface area contributed by atoms with Gasteiger partial charge in [0.2, 0.25) is 0 Å². The highest BCUT2D eigenvalue weighted by Gasteiger charge is 2.18. The summed E-state index contributed by atoms with van der Waals surface area (Å²) in [5.41, 5.74) is 4.56. The lowest BCUT2D eigenvalue weighted by atomic mass is 10.1. The van der Waals surface area contributed by atoms with E-state index in [2.05, 4.69) is 20.1 Å². The number of hydrogen-bond acceptors (Lipinski definition) is 6. The van der Waals surface area contributed by atoms with Gasteiger partial charge in [-0.05, 0) is 74.3 Å². The second-order valence-electron chi connectivity index (χ2n) is 9.02. The van der Waals surface area contributed by atoms with Crippen LogP contribution in [-0.4, -0.2) is 59.5 Å². The minimum Gasteiger partial charge on any atom is -0.369 e. The van der Waals surface area contributed by atoms with Crippen molar-refractivity contribution in [3.05, 3.63) is 74.6 Å². The number of imidazole rings is 1. The summed E-state index contributed by atoms with van der Waals surface area (Å²) in [4.78, 5) is 35.6. The molecule has 1 N–H and O–H groups in total. The normalized spacial score (nSPS) is 14.7. The monoisotopic (exact) mass is 493 g/mol. The number of aromatic nitrogens is 2. The van der Waals surface area contributed by atoms with Gasteiger partial charge in [0.15, 0.2) is 4.96 Å². The average molecular weight is 494 g/mol. The molecule has 7 nitrogen and oxygen atoms in total. The molecule has 0 aliphatic carbocycles. The van der Waals surface area contributed by atoms with E-state index in [4.69, 9.17) is 0 Å². The average Bonchev–Trinajstić information content (AvgIpc) is 3.20. The molecule has 2 aromatic carbocycles. The number of hydrogen-bond donors (Lipinski definition) is 1. The molecule has 4 aromatic rings. The number of fused-ring (bicyclic) bond motifs is 3. The number of nitrogens with zero attached hydrogens (tertiary/aromatic N) is 4. The molecule has 1 amide bonds. The van der Waals surface area contributed by atoms with Crippen LogP contribution in [0.2, 0.25) is 0 Å². The number of nitrogens with one attached hydrogen (secondary N) is 1. The van der Waals surface area contributed by atoms with Crippen LogP contribution in [0.5, 0.6) is 0 Å². The van der Waals surface area contributed by atoms with Gasteiger partial charge < -0.3 is 10.2 Å². The van der Waals surface area contributed by atoms with Crippen LogP contribution in [-0.2, 0) is 0 Å². The highest BCUT2D eigenvalue weighted by atomic mass is 32.1. The molecular weight excluding hydrogens is 465 g/mol. The Bertz CT molecular complexity index is 1440. The Morgan fingerprint density at radius 1 is 1.06 bits per heavy atom. The van der Waals surface area contributed by atoms with Crippen LogP contribution in [0.3, 0.4) is 0 Å². The molecule has 182 valence electrons. The Balaban J connectivity index is 1.14. The molecule has 1 aliphatic heterocycles. The van der Waals surface area contributed by atoms with E-state index in [1.54, 1.807) is 4.40 Å². The van der Waals surface area contributed by atoms with Gasteiger partial charge in [-0.25, -0.2) is 9.37 Å². The van der Waals surface area contributed by atoms with Gasteiger partial charge in [-0.3, -0.25) is 18.9 Å². The Kier molecular flexibility index (Phi) is 6.53. The van der Waals surface area contributed by atoms with Gasteiger partial charge in [0.25, 0.3) is 11.5 Å². The van der Waals surface area contributed by atoms with E-state index in [1.165, 1.54) is 29.5 Å². The highest BCUT2D eigenvalue weighted by Crippen LogP contribution is 2.23. The summed E-state index contributed by atoms with van der Waals surface area (Å²) in [6, 6.07) is 12.0. The molecular formula is C26H28FN5O2S. The topological polar surface area (TPSA) is 70.0 Å². The summed E-state index contributed by atoms with van der Waals surface area (Å²) >= 11 is 1.23. The summed E-state index contributed by atoms with van der Waals surface area (Å²) < 4.78 is 14.7. The van der Waals surface area contributed by atoms with Crippen LogP contribution in [0.4, 0.5) is 10.1 Å². The largest absolute Gasteiger partial charge is 0.369 e. The number of piperazine rings is 1. The number of rotatable bonds is 6. The molecule has 0 saturated carbocycles. The fourth-order valence-electron chi connectivity index (χ4n) is 4.48. The second-order valence-corrected chi connectivity index (χ2v) is 10.0. The maximum absolute atomic E-state index is 13.1. The van der Waals surface area contributed by atoms with E-state index in [0.717, 1.165) is 67.0 Å². The van der Waals surface area contributed by atoms with Gasteiger partial charge in [0, 0.05) is 44.5 Å². The van der Waals surface area contributed by atoms with E-state index in [1.807, 2.05) is 38.1 Å². The first-order valence-electron chi connectivity index (χ1n) is 11.8. The summed E-state index contributed by atoms with van der Waals surface area (Å²) in [5, 5.41) is 2.95. The van der Waals surface area contributed by atoms with Crippen molar-refractivity contribution >= 4 is 38.9 Å². The Morgan fingerprint density at radius 2 is 1.77 bits per heavy atom. The first-order valence-corrected chi connectivity index (χ1v) is 12.7. The molecule has 9 heteroatoms. The molecule has 3 heterocycles. The number of carbonyl (C=O) groups is 1. The Hall–Kier alpha value is -3.30. The van der Waals surface area contributed by atoms with Crippen LogP contribution < -0.4 is 15.8 Å². The van der Waals surface area contributed by atoms with Gasteiger partial charge in [0.05, 0.1) is 11.0 Å². The van der Waals surface area contributed by atoms with Crippen molar-refractivity contribution < 1.29 is 9.18 Å². The Labute approximate surface area is 206 Å². The van der Waals surface area contributed by atoms with E-state index >= 15 is 0 Å². The summed E-state index contributed by atoms with van der Waals surface area (Å²) in [6.45, 7) is 9.09. The third-order valence-electron chi connectivity index (χ3n) is 6.64. The lowest BCUT2D eigenvalue weighted by molar-refractivity contribution is 0.0955. The first kappa shape index (κ1) is 23.4. The minimum atomic E-state index is -0.242. The van der Waals surface area contributed by atoms with E-state index in [9.17, 15) is 14.0 Å². The number of benzene rings is 2. The SMILES string of the molecule is Cc1cc2nc3sc(C(=O)NCCCN4CCN(c5ccc(F)cc5)CC4)cc(=O)n3c2cc1C. The highest BCUT2D eigenvalue weighted by molar-refractivity contribution is 7.18. The molecule has 1 fully saturated rings. The molecule has 0 radical (unpaired) electrons. The van der Waals surface area contributed by atoms with Crippen LogP contribution in [0.25, 0.3) is 16.0 Å². The minimum absolute atomic E-state index is 0.218. The van der Waals surface area contributed by atoms with Crippen molar-refractivity contribution in [1.29, 1.82) is 0 Å². The zero-order chi connectivity index (χ0) is 24.5. The number of carbonyl (C=O) groups excluding carboxylic acids is 1. The number of amides is 1. The molecule has 0 spiro atoms. The number of anilines is 1. The van der Waals surface area contributed by atoms with Crippen LogP contribution in [0.1, 0.15) is 27.2 Å². The maximum Gasteiger partial charge on any atom is 0.261 e. The van der Waals surface area contributed by atoms with E-state index in [-0.39, 0.29) is 17.3 Å². The lowest BCUT2D eigenvalue weighted by Crippen LogP contribution is -2.47. The van der Waals surface area contributed by atoms with Crippen molar-refractivity contribution in [3.63, 3.8) is 0 Å². The zero-order valence-electron chi connectivity index (χ0n) is 19.9. The lowest BCUT2D eigenvalue weighted by Gasteiger charge is -2.36. The zero-order valence-corrected chi connectivity index (χ0v) is 20.7. The van der Waals surface area contributed by atoms with Crippen molar-refractivity contribution in [2.24, 2.45) is 0 Å². The predicted octanol–water partition coefficient (Wildman–Crippen LogP) is 3.61. The first-order chi connectivity index (χ1) is 16.9. The van der Waals surface area contributed by atoms with E-state index < -0.39 is 0 Å². The van der Waals surface area contributed by atoms with Gasteiger partial charge >= 0.3 is 0 Å². The number of aryl methyl sites for hydroxylation is 2. The van der Waals surface area contributed by atoms with E-state index in [0.29, 0.717) is 16.4 Å². The predicted molar refractivity (Wildman–Crippen MR) is 138 cm³/mol. The quantitative estimate of drug-likeness (QED) is 0.416. The van der Waals surface area contributed by atoms with Gasteiger partial charge in [0.1, 0.15) is 10.7 Å². The molecule has 0 bridgehead atoms.